The van der Waals surface area contributed by atoms with Gasteiger partial charge in [0.2, 0.25) is 0 Å². The zero-order valence-electron chi connectivity index (χ0n) is 21.1. The fourth-order valence-electron chi connectivity index (χ4n) is 4.40. The molecular weight excluding hydrogens is 452 g/mol. The molecule has 3 rings (SSSR count). The molecule has 1 N–H and O–H groups in total. The Balaban J connectivity index is 0.000000402. The predicted molar refractivity (Wildman–Crippen MR) is 134 cm³/mol. The van der Waals surface area contributed by atoms with Crippen molar-refractivity contribution in [1.82, 2.24) is 10.4 Å². The van der Waals surface area contributed by atoms with Gasteiger partial charge in [0.1, 0.15) is 11.6 Å². The molecule has 2 atom stereocenters. The zero-order chi connectivity index (χ0) is 25.6. The third kappa shape index (κ3) is 10.7. The van der Waals surface area contributed by atoms with Gasteiger partial charge in [-0.05, 0) is 50.5 Å². The molecule has 6 nitrogen and oxygen atoms in total. The number of aromatic nitrogens is 1. The topological polar surface area (TPSA) is 77.3 Å². The number of hydrogen-bond acceptors (Lipinski definition) is 4. The Hall–Kier alpha value is -2.61. The molecule has 0 bridgehead atoms. The Morgan fingerprint density at radius 1 is 1.17 bits per heavy atom. The molecule has 35 heavy (non-hydrogen) atoms. The van der Waals surface area contributed by atoms with Crippen molar-refractivity contribution in [2.45, 2.75) is 90.2 Å². The summed E-state index contributed by atoms with van der Waals surface area (Å²) in [6.45, 7) is 6.28. The fourth-order valence-corrected chi connectivity index (χ4v) is 4.40. The van der Waals surface area contributed by atoms with E-state index in [4.69, 9.17) is 4.74 Å². The zero-order valence-corrected chi connectivity index (χ0v) is 21.1. The molecule has 0 saturated heterocycles. The number of unbranched alkanes of at least 4 members (excludes halogenated alkanes) is 2. The maximum atomic E-state index is 12.3. The van der Waals surface area contributed by atoms with Crippen molar-refractivity contribution < 1.29 is 18.6 Å². The van der Waals surface area contributed by atoms with Gasteiger partial charge < -0.3 is 4.74 Å². The maximum Gasteiger partial charge on any atom is 0.157 e. The van der Waals surface area contributed by atoms with Crippen molar-refractivity contribution in [3.8, 4) is 0 Å². The minimum atomic E-state index is -0.641. The fraction of sp³-hybridized carbons (Fsp3) is 0.593. The SMILES string of the molecule is CCCCCC(N[N+](=O)[O-])C(C)COC1CCC(c2ccccc2)CC1.Cc1ncc(F)cc1F. The van der Waals surface area contributed by atoms with Gasteiger partial charge in [-0.25, -0.2) is 18.9 Å². The summed E-state index contributed by atoms with van der Waals surface area (Å²) in [6.07, 6.45) is 9.86. The molecule has 194 valence electrons. The van der Waals surface area contributed by atoms with Crippen molar-refractivity contribution in [2.24, 2.45) is 5.92 Å². The first-order chi connectivity index (χ1) is 16.8. The van der Waals surface area contributed by atoms with Gasteiger partial charge in [0.05, 0.1) is 30.6 Å². The van der Waals surface area contributed by atoms with Crippen LogP contribution >= 0.6 is 0 Å². The number of rotatable bonds is 11. The first-order valence-electron chi connectivity index (χ1n) is 12.6. The molecule has 0 aliphatic heterocycles. The average molecular weight is 492 g/mol. The van der Waals surface area contributed by atoms with Crippen LogP contribution < -0.4 is 5.43 Å². The highest BCUT2D eigenvalue weighted by Gasteiger charge is 2.26. The van der Waals surface area contributed by atoms with E-state index in [0.717, 1.165) is 63.6 Å². The summed E-state index contributed by atoms with van der Waals surface area (Å²) in [5, 5.41) is 10.5. The number of halogens is 2. The number of hydrogen-bond donors (Lipinski definition) is 1. The van der Waals surface area contributed by atoms with E-state index in [1.165, 1.54) is 12.5 Å². The molecule has 1 aliphatic rings. The van der Waals surface area contributed by atoms with E-state index < -0.39 is 16.7 Å². The molecule has 8 heteroatoms. The summed E-state index contributed by atoms with van der Waals surface area (Å²) in [6, 6.07) is 11.4. The normalized spacial score (nSPS) is 19.2. The van der Waals surface area contributed by atoms with Crippen LogP contribution in [0.1, 0.15) is 82.4 Å². The van der Waals surface area contributed by atoms with E-state index in [2.05, 4.69) is 54.6 Å². The Labute approximate surface area is 207 Å². The molecule has 0 spiro atoms. The molecule has 1 aromatic heterocycles. The van der Waals surface area contributed by atoms with E-state index in [9.17, 15) is 18.9 Å². The second-order valence-corrected chi connectivity index (χ2v) is 9.40. The summed E-state index contributed by atoms with van der Waals surface area (Å²) in [7, 11) is 0. The van der Waals surface area contributed by atoms with Gasteiger partial charge in [-0.15, -0.1) is 5.43 Å². The molecule has 1 aliphatic carbocycles. The van der Waals surface area contributed by atoms with Crippen LogP contribution in [0, 0.1) is 34.6 Å². The van der Waals surface area contributed by atoms with Crippen molar-refractivity contribution >= 4 is 0 Å². The van der Waals surface area contributed by atoms with Crippen molar-refractivity contribution in [3.05, 3.63) is 75.6 Å². The molecule has 1 fully saturated rings. The molecular formula is C27H39F2N3O3. The van der Waals surface area contributed by atoms with Gasteiger partial charge in [0.25, 0.3) is 0 Å². The first-order valence-corrected chi connectivity index (χ1v) is 12.6. The van der Waals surface area contributed by atoms with Crippen molar-refractivity contribution in [3.63, 3.8) is 0 Å². The molecule has 1 saturated carbocycles. The summed E-state index contributed by atoms with van der Waals surface area (Å²) < 4.78 is 30.5. The Morgan fingerprint density at radius 3 is 2.43 bits per heavy atom. The standard InChI is InChI=1S/C21H34N2O3.C6H5F2N/c1-3-4-6-11-21(22-23(24)25)17(2)16-26-20-14-12-19(13-15-20)18-9-7-5-8-10-18;1-4-6(8)2-5(7)3-9-4/h5,7-10,17,19-22H,3-4,6,11-16H2,1-2H3;2-3H,1H3. The van der Waals surface area contributed by atoms with Crippen LogP contribution in [0.2, 0.25) is 0 Å². The van der Waals surface area contributed by atoms with Gasteiger partial charge in [0.15, 0.2) is 5.03 Å². The number of nitrogens with one attached hydrogen (secondary N) is 1. The van der Waals surface area contributed by atoms with E-state index in [1.807, 2.05) is 0 Å². The Kier molecular flexibility index (Phi) is 12.6. The van der Waals surface area contributed by atoms with E-state index >= 15 is 0 Å². The average Bonchev–Trinajstić information content (AvgIpc) is 2.85. The van der Waals surface area contributed by atoms with Crippen molar-refractivity contribution in [1.29, 1.82) is 0 Å². The monoisotopic (exact) mass is 491 g/mol. The number of ether oxygens (including phenoxy) is 1. The molecule has 1 heterocycles. The van der Waals surface area contributed by atoms with Crippen LogP contribution in [0.3, 0.4) is 0 Å². The lowest BCUT2D eigenvalue weighted by Crippen LogP contribution is -2.41. The van der Waals surface area contributed by atoms with Crippen LogP contribution in [0.15, 0.2) is 42.6 Å². The quantitative estimate of drug-likeness (QED) is 0.213. The summed E-state index contributed by atoms with van der Waals surface area (Å²) >= 11 is 0. The van der Waals surface area contributed by atoms with E-state index in [1.54, 1.807) is 0 Å². The highest BCUT2D eigenvalue weighted by atomic mass is 19.1. The van der Waals surface area contributed by atoms with Gasteiger partial charge in [-0.1, -0.05) is 63.4 Å². The smallest absolute Gasteiger partial charge is 0.157 e. The van der Waals surface area contributed by atoms with Crippen LogP contribution in [0.25, 0.3) is 0 Å². The lowest BCUT2D eigenvalue weighted by molar-refractivity contribution is -0.553. The molecule has 0 radical (unpaired) electrons. The number of benzene rings is 1. The molecule has 2 aromatic rings. The number of pyridine rings is 1. The molecule has 0 amide bonds. The number of nitrogens with zero attached hydrogens (tertiary/aromatic N) is 2. The summed E-state index contributed by atoms with van der Waals surface area (Å²) in [5.74, 6) is -0.455. The Bertz CT molecular complexity index is 877. The van der Waals surface area contributed by atoms with Gasteiger partial charge >= 0.3 is 0 Å². The predicted octanol–water partition coefficient (Wildman–Crippen LogP) is 6.76. The molecule has 2 unspecified atom stereocenters. The Morgan fingerprint density at radius 2 is 1.86 bits per heavy atom. The van der Waals surface area contributed by atoms with E-state index in [0.29, 0.717) is 18.6 Å². The number of aryl methyl sites for hydroxylation is 1. The molecule has 1 aromatic carbocycles. The highest BCUT2D eigenvalue weighted by molar-refractivity contribution is 5.19. The van der Waals surface area contributed by atoms with Crippen LogP contribution in [0.4, 0.5) is 8.78 Å². The van der Waals surface area contributed by atoms with Crippen LogP contribution in [-0.4, -0.2) is 28.8 Å². The lowest BCUT2D eigenvalue weighted by atomic mass is 9.83. The largest absolute Gasteiger partial charge is 0.378 e. The second kappa shape index (κ2) is 15.4. The summed E-state index contributed by atoms with van der Waals surface area (Å²) in [5.41, 5.74) is 4.15. The summed E-state index contributed by atoms with van der Waals surface area (Å²) in [4.78, 5) is 14.3. The second-order valence-electron chi connectivity index (χ2n) is 9.40. The van der Waals surface area contributed by atoms with Gasteiger partial charge in [0, 0.05) is 12.0 Å². The van der Waals surface area contributed by atoms with Crippen molar-refractivity contribution in [2.75, 3.05) is 6.61 Å². The van der Waals surface area contributed by atoms with Gasteiger partial charge in [-0.2, -0.15) is 0 Å². The van der Waals surface area contributed by atoms with E-state index in [-0.39, 0.29) is 17.7 Å². The third-order valence-electron chi connectivity index (χ3n) is 6.61. The van der Waals surface area contributed by atoms with Crippen LogP contribution in [0.5, 0.6) is 0 Å². The minimum absolute atomic E-state index is 0.114. The lowest BCUT2D eigenvalue weighted by Gasteiger charge is -2.30. The minimum Gasteiger partial charge on any atom is -0.378 e. The third-order valence-corrected chi connectivity index (χ3v) is 6.61. The number of hydrazine groups is 1. The maximum absolute atomic E-state index is 12.3. The first kappa shape index (κ1) is 28.6. The number of nitro groups is 1. The van der Waals surface area contributed by atoms with Crippen LogP contribution in [-0.2, 0) is 4.74 Å². The van der Waals surface area contributed by atoms with Gasteiger partial charge in [-0.3, -0.25) is 4.98 Å². The highest BCUT2D eigenvalue weighted by Crippen LogP contribution is 2.34.